The average Bonchev–Trinajstić information content (AvgIpc) is 2.79. The van der Waals surface area contributed by atoms with Crippen LogP contribution in [0.4, 0.5) is 0 Å². The fourth-order valence-electron chi connectivity index (χ4n) is 4.97. The van der Waals surface area contributed by atoms with Crippen molar-refractivity contribution in [2.24, 2.45) is 5.41 Å². The molecular formula is C18H34N2O. The van der Waals surface area contributed by atoms with Crippen LogP contribution in [0.2, 0.25) is 0 Å². The first-order valence-corrected chi connectivity index (χ1v) is 9.24. The molecule has 1 N–H and O–H groups in total. The van der Waals surface area contributed by atoms with Gasteiger partial charge in [0.15, 0.2) is 0 Å². The van der Waals surface area contributed by atoms with Crippen LogP contribution in [0.15, 0.2) is 0 Å². The predicted molar refractivity (Wildman–Crippen MR) is 87.6 cm³/mol. The van der Waals surface area contributed by atoms with E-state index in [-0.39, 0.29) is 0 Å². The van der Waals surface area contributed by atoms with Crippen molar-refractivity contribution in [3.05, 3.63) is 0 Å². The van der Waals surface area contributed by atoms with Crippen molar-refractivity contribution in [2.45, 2.75) is 89.9 Å². The number of rotatable bonds is 4. The Labute approximate surface area is 130 Å². The second-order valence-corrected chi connectivity index (χ2v) is 8.03. The van der Waals surface area contributed by atoms with Crippen LogP contribution in [0.25, 0.3) is 0 Å². The van der Waals surface area contributed by atoms with E-state index in [4.69, 9.17) is 4.74 Å². The van der Waals surface area contributed by atoms with Crippen molar-refractivity contribution in [2.75, 3.05) is 19.7 Å². The first-order chi connectivity index (χ1) is 10.1. The number of hydrogen-bond donors (Lipinski definition) is 1. The quantitative estimate of drug-likeness (QED) is 0.862. The molecular weight excluding hydrogens is 260 g/mol. The minimum atomic E-state index is 0.433. The molecule has 0 aromatic carbocycles. The molecule has 0 spiro atoms. The molecule has 2 aliphatic carbocycles. The number of nitrogens with zero attached hydrogens (tertiary/aromatic N) is 1. The van der Waals surface area contributed by atoms with Crippen molar-refractivity contribution < 1.29 is 4.74 Å². The first kappa shape index (κ1) is 15.8. The van der Waals surface area contributed by atoms with E-state index in [1.807, 2.05) is 0 Å². The van der Waals surface area contributed by atoms with Gasteiger partial charge in [-0.05, 0) is 44.1 Å². The number of nitrogens with one attached hydrogen (secondary N) is 1. The Balaban J connectivity index is 1.74. The van der Waals surface area contributed by atoms with Crippen molar-refractivity contribution >= 4 is 0 Å². The molecule has 0 bridgehead atoms. The Morgan fingerprint density at radius 1 is 1.14 bits per heavy atom. The first-order valence-electron chi connectivity index (χ1n) is 9.24. The van der Waals surface area contributed by atoms with E-state index in [2.05, 4.69) is 31.0 Å². The molecule has 1 heterocycles. The van der Waals surface area contributed by atoms with E-state index >= 15 is 0 Å². The Kier molecular flexibility index (Phi) is 4.92. The molecule has 1 saturated heterocycles. The van der Waals surface area contributed by atoms with Crippen LogP contribution in [-0.2, 0) is 4.74 Å². The van der Waals surface area contributed by atoms with Gasteiger partial charge >= 0.3 is 0 Å². The molecule has 3 aliphatic rings. The Morgan fingerprint density at radius 2 is 1.95 bits per heavy atom. The van der Waals surface area contributed by atoms with Crippen LogP contribution in [0.3, 0.4) is 0 Å². The fraction of sp³-hybridized carbons (Fsp3) is 1.00. The summed E-state index contributed by atoms with van der Waals surface area (Å²) in [5.41, 5.74) is 0.433. The molecule has 21 heavy (non-hydrogen) atoms. The van der Waals surface area contributed by atoms with Gasteiger partial charge in [-0.1, -0.05) is 33.6 Å². The van der Waals surface area contributed by atoms with Gasteiger partial charge in [0.2, 0.25) is 0 Å². The summed E-state index contributed by atoms with van der Waals surface area (Å²) in [5, 5.41) is 3.88. The third-order valence-corrected chi connectivity index (χ3v) is 6.13. The van der Waals surface area contributed by atoms with Crippen molar-refractivity contribution in [1.29, 1.82) is 0 Å². The van der Waals surface area contributed by atoms with E-state index in [1.54, 1.807) is 0 Å². The highest BCUT2D eigenvalue weighted by Gasteiger charge is 2.47. The second kappa shape index (κ2) is 6.55. The van der Waals surface area contributed by atoms with E-state index in [0.29, 0.717) is 23.6 Å². The summed E-state index contributed by atoms with van der Waals surface area (Å²) >= 11 is 0. The molecule has 0 radical (unpaired) electrons. The summed E-state index contributed by atoms with van der Waals surface area (Å²) in [7, 11) is 0. The third-order valence-electron chi connectivity index (χ3n) is 6.13. The fourth-order valence-corrected chi connectivity index (χ4v) is 4.97. The molecule has 0 aromatic rings. The lowest BCUT2D eigenvalue weighted by molar-refractivity contribution is -0.106. The minimum Gasteiger partial charge on any atom is -0.375 e. The molecule has 3 nitrogen and oxygen atoms in total. The van der Waals surface area contributed by atoms with Gasteiger partial charge in [0.25, 0.3) is 0 Å². The monoisotopic (exact) mass is 294 g/mol. The van der Waals surface area contributed by atoms with Gasteiger partial charge in [-0.2, -0.15) is 0 Å². The van der Waals surface area contributed by atoms with E-state index in [9.17, 15) is 0 Å². The average molecular weight is 294 g/mol. The Hall–Kier alpha value is -0.120. The van der Waals surface area contributed by atoms with Gasteiger partial charge in [-0.3, -0.25) is 4.90 Å². The van der Waals surface area contributed by atoms with Crippen LogP contribution >= 0.6 is 0 Å². The van der Waals surface area contributed by atoms with Gasteiger partial charge in [-0.25, -0.2) is 0 Å². The van der Waals surface area contributed by atoms with Crippen molar-refractivity contribution in [1.82, 2.24) is 10.2 Å². The van der Waals surface area contributed by atoms with Gasteiger partial charge in [0, 0.05) is 24.7 Å². The van der Waals surface area contributed by atoms with E-state index in [1.165, 1.54) is 44.9 Å². The maximum atomic E-state index is 6.08. The van der Waals surface area contributed by atoms with Crippen molar-refractivity contribution in [3.63, 3.8) is 0 Å². The lowest BCUT2D eigenvalue weighted by atomic mass is 9.84. The largest absolute Gasteiger partial charge is 0.375 e. The van der Waals surface area contributed by atoms with Gasteiger partial charge in [0.05, 0.1) is 12.7 Å². The smallest absolute Gasteiger partial charge is 0.0731 e. The van der Waals surface area contributed by atoms with Gasteiger partial charge in [0.1, 0.15) is 0 Å². The molecule has 3 heteroatoms. The summed E-state index contributed by atoms with van der Waals surface area (Å²) in [4.78, 5) is 2.84. The summed E-state index contributed by atoms with van der Waals surface area (Å²) in [6, 6.07) is 2.07. The molecule has 122 valence electrons. The van der Waals surface area contributed by atoms with E-state index < -0.39 is 0 Å². The molecule has 4 unspecified atom stereocenters. The number of fused-ring (bicyclic) bond motifs is 1. The van der Waals surface area contributed by atoms with Crippen LogP contribution < -0.4 is 5.32 Å². The highest BCUT2D eigenvalue weighted by atomic mass is 16.5. The zero-order valence-corrected chi connectivity index (χ0v) is 14.2. The summed E-state index contributed by atoms with van der Waals surface area (Å²) < 4.78 is 6.08. The third kappa shape index (κ3) is 3.16. The second-order valence-electron chi connectivity index (χ2n) is 8.03. The lowest BCUT2D eigenvalue weighted by Gasteiger charge is -2.49. The van der Waals surface area contributed by atoms with Crippen LogP contribution in [0.1, 0.15) is 65.7 Å². The van der Waals surface area contributed by atoms with E-state index in [0.717, 1.165) is 25.7 Å². The number of ether oxygens (including phenoxy) is 1. The minimum absolute atomic E-state index is 0.433. The van der Waals surface area contributed by atoms with Crippen molar-refractivity contribution in [3.8, 4) is 0 Å². The maximum Gasteiger partial charge on any atom is 0.0731 e. The molecule has 3 fully saturated rings. The topological polar surface area (TPSA) is 24.5 Å². The highest BCUT2D eigenvalue weighted by molar-refractivity contribution is 5.04. The SMILES string of the molecule is CCCNC1C(N2CCOC3CCCCC32)CCC1(C)C. The summed E-state index contributed by atoms with van der Waals surface area (Å²) in [6.45, 7) is 10.4. The normalized spacial score (nSPS) is 40.1. The molecule has 2 saturated carbocycles. The van der Waals surface area contributed by atoms with Crippen LogP contribution in [-0.4, -0.2) is 48.8 Å². The lowest BCUT2D eigenvalue weighted by Crippen LogP contribution is -2.61. The van der Waals surface area contributed by atoms with Crippen LogP contribution in [0, 0.1) is 5.41 Å². The number of hydrogen-bond acceptors (Lipinski definition) is 3. The highest BCUT2D eigenvalue weighted by Crippen LogP contribution is 2.42. The Bertz CT molecular complexity index is 342. The number of morpholine rings is 1. The summed E-state index contributed by atoms with van der Waals surface area (Å²) in [5.74, 6) is 0. The van der Waals surface area contributed by atoms with Crippen LogP contribution in [0.5, 0.6) is 0 Å². The van der Waals surface area contributed by atoms with Gasteiger partial charge in [-0.15, -0.1) is 0 Å². The molecule has 4 atom stereocenters. The summed E-state index contributed by atoms with van der Waals surface area (Å²) in [6.07, 6.45) is 9.85. The maximum absolute atomic E-state index is 6.08. The molecule has 0 amide bonds. The predicted octanol–water partition coefficient (Wildman–Crippen LogP) is 3.19. The molecule has 1 aliphatic heterocycles. The molecule has 0 aromatic heterocycles. The Morgan fingerprint density at radius 3 is 2.76 bits per heavy atom. The molecule has 3 rings (SSSR count). The zero-order chi connectivity index (χ0) is 14.9. The van der Waals surface area contributed by atoms with Gasteiger partial charge < -0.3 is 10.1 Å². The zero-order valence-electron chi connectivity index (χ0n) is 14.2. The standard InChI is InChI=1S/C18H34N2O/c1-4-11-19-17-15(9-10-18(17,2)3)20-12-13-21-16-8-6-5-7-14(16)20/h14-17,19H,4-13H2,1-3H3.